The highest BCUT2D eigenvalue weighted by atomic mass is 15.1. The van der Waals surface area contributed by atoms with Crippen molar-refractivity contribution in [3.63, 3.8) is 0 Å². The van der Waals surface area contributed by atoms with Gasteiger partial charge in [0.25, 0.3) is 0 Å². The third-order valence-corrected chi connectivity index (χ3v) is 30.3. The first-order valence-electron chi connectivity index (χ1n) is 50.3. The van der Waals surface area contributed by atoms with E-state index in [0.717, 1.165) is 178 Å². The summed E-state index contributed by atoms with van der Waals surface area (Å²) in [4.78, 5) is 46.6. The molecule has 11 heterocycles. The van der Waals surface area contributed by atoms with E-state index >= 15 is 0 Å². The quantitative estimate of drug-likeness (QED) is 0.132. The molecule has 0 unspecified atom stereocenters. The topological polar surface area (TPSA) is 118 Å². The van der Waals surface area contributed by atoms with Crippen molar-refractivity contribution >= 4 is 101 Å². The predicted molar refractivity (Wildman–Crippen MR) is 587 cm³/mol. The molecule has 16 bridgehead atoms. The number of hydrogen-bond acceptors (Lipinski definition) is 5. The van der Waals surface area contributed by atoms with Crippen LogP contribution >= 0.6 is 0 Å². The van der Waals surface area contributed by atoms with Gasteiger partial charge in [-0.05, 0) is 244 Å². The van der Waals surface area contributed by atoms with E-state index in [9.17, 15) is 0 Å². The first-order valence-corrected chi connectivity index (χ1v) is 50.3. The molecule has 4 N–H and O–H groups in total. The third-order valence-electron chi connectivity index (χ3n) is 30.3. The number of aromatic amines is 4. The van der Waals surface area contributed by atoms with Gasteiger partial charge in [0.1, 0.15) is 0 Å². The summed E-state index contributed by atoms with van der Waals surface area (Å²) in [6.45, 7) is 86.5. The molecule has 5 aliphatic rings. The Labute approximate surface area is 811 Å². The number of fused-ring (bicyclic) bond motifs is 15. The van der Waals surface area contributed by atoms with Gasteiger partial charge in [-0.25, -0.2) is 15.0 Å². The van der Waals surface area contributed by atoms with Crippen molar-refractivity contribution in [1.29, 1.82) is 0 Å². The summed E-state index contributed by atoms with van der Waals surface area (Å²) in [5.74, 6) is -0.496. The molecule has 2 atom stereocenters. The van der Waals surface area contributed by atoms with Crippen molar-refractivity contribution in [2.45, 2.75) is 326 Å². The molecule has 9 heteroatoms. The van der Waals surface area contributed by atoms with Crippen LogP contribution in [0.1, 0.15) is 373 Å². The molecule has 0 radical (unpaired) electrons. The number of nitrogens with zero attached hydrogens (tertiary/aromatic N) is 5. The maximum Gasteiger partial charge on any atom is 0.0818 e. The first-order chi connectivity index (χ1) is 62.8. The summed E-state index contributed by atoms with van der Waals surface area (Å²) in [5, 5.41) is 4.20. The van der Waals surface area contributed by atoms with E-state index < -0.39 is 0 Å². The number of likely N-dealkylation sites (N-methyl/N-ethyl adjacent to an activating group) is 1. The Bertz CT molecular complexity index is 7570. The summed E-state index contributed by atoms with van der Waals surface area (Å²) in [6.07, 6.45) is 9.33. The Hall–Kier alpha value is -11.3. The van der Waals surface area contributed by atoms with E-state index in [1.165, 1.54) is 77.9 Å². The fraction of sp³-hybridized carbons (Fsp3) is 0.417. The molecule has 0 fully saturated rings. The minimum Gasteiger partial charge on any atom is -0.357 e. The Morgan fingerprint density at radius 3 is 0.860 bits per heavy atom. The lowest BCUT2D eigenvalue weighted by atomic mass is 9.77. The van der Waals surface area contributed by atoms with E-state index in [2.05, 4.69) is 446 Å². The molecule has 0 saturated heterocycles. The molecule has 19 rings (SSSR count). The van der Waals surface area contributed by atoms with Crippen molar-refractivity contribution in [1.82, 2.24) is 44.8 Å². The van der Waals surface area contributed by atoms with Crippen molar-refractivity contribution in [3.8, 4) is 66.8 Å². The van der Waals surface area contributed by atoms with Gasteiger partial charge < -0.3 is 24.8 Å². The number of nitrogens with one attached hydrogen (secondary N) is 4. The van der Waals surface area contributed by atoms with Gasteiger partial charge in [0.05, 0.1) is 56.1 Å². The number of H-pyrrole nitrogens is 4. The smallest absolute Gasteiger partial charge is 0.0818 e. The van der Waals surface area contributed by atoms with Gasteiger partial charge in [-0.15, -0.1) is 0 Å². The second-order valence-corrected chi connectivity index (χ2v) is 53.6. The van der Waals surface area contributed by atoms with Crippen LogP contribution in [0.15, 0.2) is 146 Å². The first kappa shape index (κ1) is 93.7. The van der Waals surface area contributed by atoms with Crippen LogP contribution in [-0.4, -0.2) is 64.9 Å². The van der Waals surface area contributed by atoms with E-state index in [4.69, 9.17) is 24.9 Å². The molecule has 14 aromatic rings. The van der Waals surface area contributed by atoms with Crippen molar-refractivity contribution in [3.05, 3.63) is 258 Å². The summed E-state index contributed by atoms with van der Waals surface area (Å²) in [7, 11) is 2.39. The van der Waals surface area contributed by atoms with Crippen LogP contribution in [0.2, 0.25) is 0 Å². The van der Waals surface area contributed by atoms with Gasteiger partial charge in [0.2, 0.25) is 0 Å². The lowest BCUT2D eigenvalue weighted by molar-refractivity contribution is 0.325. The number of benzene rings is 8. The van der Waals surface area contributed by atoms with E-state index in [-0.39, 0.29) is 76.8 Å². The van der Waals surface area contributed by atoms with E-state index in [1.54, 1.807) is 0 Å². The lowest BCUT2D eigenvalue weighted by Gasteiger charge is -2.27. The van der Waals surface area contributed by atoms with Crippen LogP contribution in [0.3, 0.4) is 0 Å². The zero-order valence-electron chi connectivity index (χ0n) is 89.0. The van der Waals surface area contributed by atoms with Crippen LogP contribution in [0.25, 0.3) is 168 Å². The fourth-order valence-corrected chi connectivity index (χ4v) is 21.5. The summed E-state index contributed by atoms with van der Waals surface area (Å²) < 4.78 is 0. The van der Waals surface area contributed by atoms with Crippen LogP contribution in [-0.2, 0) is 65.0 Å². The van der Waals surface area contributed by atoms with Gasteiger partial charge in [0, 0.05) is 113 Å². The molecule has 0 aliphatic carbocycles. The monoisotopic (exact) mass is 1800 g/mol. The van der Waals surface area contributed by atoms with Gasteiger partial charge in [-0.3, -0.25) is 4.98 Å². The number of hydrogen-bond donors (Lipinski definition) is 4. The molecule has 5 aliphatic heterocycles. The molecule has 6 aromatic heterocycles. The SMILES string of the molecule is CN1C[C@@H]2c3nc4c2c2c5[nH]c(c(-c6cc(C(C)(C)C)cc(C(C)(C)C)c6)c6nc(c(-c7cc(C(C)(C)C)cc(C(C)(C)C)c7)c7ccc([nH]7)c(-c7cc(C(C)(C)C)cc(C(C)(C)C)c7)c7cc8c9cc([nH]c9c4c5c8n7)c(-c4cc(C(C)(C)C)cc(C(C)(C)C)c4)c4nc(c(-c5cc(C(C)(C)C)cc(C(C)(C)C)c5)c5ccc([nH]5)c3-c3cc(C(C)(C)C)cc(C(C)(C)C)c3)C=C4)C=C6)[C@@H]2C1. The highest BCUT2D eigenvalue weighted by Gasteiger charge is 2.45. The van der Waals surface area contributed by atoms with Crippen molar-refractivity contribution in [2.24, 2.45) is 0 Å². The standard InChI is InChI=1S/C127H149N9/c1-116(2,3)74-46-68(47-75(58-74)117(4,5)6)100-90-38-40-94(128-90)102(70-50-78(120(13,14)15)60-79(51-70)121(16,17)18)98-64-86-87-65-99-103(71-52-80(122(19,20)21)61-81(53-71)123(22,23)24)95-41-39-91(129-95)101(69-48-76(118(7,8)9)59-77(49-69)119(10,11)12)93-43-45-97(131-93)105(73-56-84(126(31,32)33)63-85(57-73)127(34,35)36)113-89-67-136(37)66-88-106-107(89)115(135-113)109(111(87)133-99)108(110(86)132-98)114(106)134-112(88)104(96-44-42-92(100)130-96)72-54-82(124(25,26)27)62-83(55-72)125(28,29)30/h38-65,88-89,128,131,133-134H,66-67H2,1-37H3/t88-,89+/m1/s1. The zero-order chi connectivity index (χ0) is 98.2. The van der Waals surface area contributed by atoms with Crippen molar-refractivity contribution < 1.29 is 0 Å². The minimum atomic E-state index is -0.259. The zero-order valence-corrected chi connectivity index (χ0v) is 89.0. The van der Waals surface area contributed by atoms with Gasteiger partial charge in [-0.1, -0.05) is 358 Å². The second kappa shape index (κ2) is 30.9. The Morgan fingerprint density at radius 2 is 0.522 bits per heavy atom. The Morgan fingerprint density at radius 1 is 0.243 bits per heavy atom. The molecule has 9 nitrogen and oxygen atoms in total. The van der Waals surface area contributed by atoms with Crippen LogP contribution in [0.5, 0.6) is 0 Å². The van der Waals surface area contributed by atoms with Gasteiger partial charge >= 0.3 is 0 Å². The lowest BCUT2D eigenvalue weighted by Crippen LogP contribution is -2.26. The fourth-order valence-electron chi connectivity index (χ4n) is 21.5. The molecular formula is C127H149N9. The average molecular weight is 1800 g/mol. The van der Waals surface area contributed by atoms with Gasteiger partial charge in [0.15, 0.2) is 0 Å². The maximum absolute atomic E-state index is 6.77. The summed E-state index contributed by atoms with van der Waals surface area (Å²) in [5.41, 5.74) is 43.7. The maximum atomic E-state index is 6.77. The van der Waals surface area contributed by atoms with Crippen LogP contribution in [0.4, 0.5) is 0 Å². The van der Waals surface area contributed by atoms with Crippen molar-refractivity contribution in [2.75, 3.05) is 20.1 Å². The largest absolute Gasteiger partial charge is 0.357 e. The van der Waals surface area contributed by atoms with E-state index in [1.807, 2.05) is 0 Å². The van der Waals surface area contributed by atoms with Crippen LogP contribution < -0.4 is 0 Å². The number of rotatable bonds is 6. The van der Waals surface area contributed by atoms with Gasteiger partial charge in [-0.2, -0.15) is 0 Å². The van der Waals surface area contributed by atoms with Crippen LogP contribution in [0, 0.1) is 0 Å². The average Bonchev–Trinajstić information content (AvgIpc) is 1.51. The molecule has 136 heavy (non-hydrogen) atoms. The highest BCUT2D eigenvalue weighted by molar-refractivity contribution is 6.34. The predicted octanol–water partition coefficient (Wildman–Crippen LogP) is 34.4. The highest BCUT2D eigenvalue weighted by Crippen LogP contribution is 2.58. The molecule has 0 spiro atoms. The molecular weight excluding hydrogens is 1650 g/mol. The number of aromatic nitrogens is 8. The molecule has 0 saturated carbocycles. The molecule has 8 aromatic carbocycles. The minimum absolute atomic E-state index is 0.186. The second-order valence-electron chi connectivity index (χ2n) is 53.6. The van der Waals surface area contributed by atoms with E-state index in [0.29, 0.717) is 13.1 Å². The third kappa shape index (κ3) is 16.4. The summed E-state index contributed by atoms with van der Waals surface area (Å²) >= 11 is 0. The Kier molecular flexibility index (Phi) is 21.3. The molecule has 0 amide bonds. The Balaban J connectivity index is 1.12. The molecule has 702 valence electrons. The normalized spacial score (nSPS) is 15.8. The summed E-state index contributed by atoms with van der Waals surface area (Å²) in [6, 6.07) is 59.1.